The summed E-state index contributed by atoms with van der Waals surface area (Å²) in [5.74, 6) is -0.296. The van der Waals surface area contributed by atoms with Gasteiger partial charge in [-0.05, 0) is 30.3 Å². The summed E-state index contributed by atoms with van der Waals surface area (Å²) in [6, 6.07) is 10.4. The van der Waals surface area contributed by atoms with Crippen LogP contribution in [0.2, 0.25) is 0 Å². The lowest BCUT2D eigenvalue weighted by Crippen LogP contribution is -2.48. The van der Waals surface area contributed by atoms with Crippen LogP contribution in [0.5, 0.6) is 0 Å². The van der Waals surface area contributed by atoms with Crippen LogP contribution in [0.3, 0.4) is 0 Å². The molecule has 1 aliphatic heterocycles. The predicted molar refractivity (Wildman–Crippen MR) is 105 cm³/mol. The Balaban J connectivity index is 1.31. The maximum atomic E-state index is 13.9. The van der Waals surface area contributed by atoms with Crippen LogP contribution in [0.15, 0.2) is 36.4 Å². The molecule has 0 unspecified atom stereocenters. The lowest BCUT2D eigenvalue weighted by atomic mass is 10.1. The van der Waals surface area contributed by atoms with Crippen LogP contribution in [0.1, 0.15) is 10.4 Å². The number of fused-ring (bicyclic) bond motifs is 2. The van der Waals surface area contributed by atoms with Gasteiger partial charge in [-0.15, -0.1) is 0 Å². The van der Waals surface area contributed by atoms with Crippen molar-refractivity contribution >= 4 is 55.4 Å². The molecular formula is C18H14FN5OS2. The highest BCUT2D eigenvalue weighted by Crippen LogP contribution is 2.30. The number of anilines is 1. The molecule has 27 heavy (non-hydrogen) atoms. The van der Waals surface area contributed by atoms with Gasteiger partial charge in [0, 0.05) is 31.7 Å². The zero-order valence-corrected chi connectivity index (χ0v) is 15.8. The highest BCUT2D eigenvalue weighted by atomic mass is 32.1. The van der Waals surface area contributed by atoms with E-state index in [2.05, 4.69) is 18.6 Å². The third kappa shape index (κ3) is 2.92. The molecule has 1 fully saturated rings. The number of halogens is 1. The van der Waals surface area contributed by atoms with Crippen LogP contribution in [0, 0.1) is 5.82 Å². The second kappa shape index (κ2) is 6.50. The largest absolute Gasteiger partial charge is 0.345 e. The SMILES string of the molecule is O=C(c1ccc2nsnc2c1)N1CCN(c2nc3c(F)cccc3s2)CC1. The highest BCUT2D eigenvalue weighted by Gasteiger charge is 2.24. The fraction of sp³-hybridized carbons (Fsp3) is 0.222. The van der Waals surface area contributed by atoms with Crippen molar-refractivity contribution < 1.29 is 9.18 Å². The topological polar surface area (TPSA) is 62.2 Å². The van der Waals surface area contributed by atoms with Crippen molar-refractivity contribution in [2.24, 2.45) is 0 Å². The van der Waals surface area contributed by atoms with Crippen LogP contribution < -0.4 is 4.90 Å². The van der Waals surface area contributed by atoms with Crippen molar-refractivity contribution in [1.29, 1.82) is 0 Å². The van der Waals surface area contributed by atoms with Crippen molar-refractivity contribution in [3.63, 3.8) is 0 Å². The van der Waals surface area contributed by atoms with E-state index in [0.29, 0.717) is 37.3 Å². The Labute approximate surface area is 162 Å². The number of rotatable bonds is 2. The van der Waals surface area contributed by atoms with Gasteiger partial charge in [0.05, 0.1) is 16.4 Å². The number of hydrogen-bond acceptors (Lipinski definition) is 7. The summed E-state index contributed by atoms with van der Waals surface area (Å²) in [6.07, 6.45) is 0. The number of hydrogen-bond donors (Lipinski definition) is 0. The molecule has 0 atom stereocenters. The molecule has 2 aromatic heterocycles. The number of carbonyl (C=O) groups excluding carboxylic acids is 1. The zero-order valence-electron chi connectivity index (χ0n) is 14.1. The van der Waals surface area contributed by atoms with Crippen molar-refractivity contribution in [3.05, 3.63) is 47.8 Å². The van der Waals surface area contributed by atoms with E-state index in [9.17, 15) is 9.18 Å². The Morgan fingerprint density at radius 1 is 1.04 bits per heavy atom. The van der Waals surface area contributed by atoms with Gasteiger partial charge in [0.1, 0.15) is 22.4 Å². The Kier molecular flexibility index (Phi) is 3.98. The molecule has 0 aliphatic carbocycles. The van der Waals surface area contributed by atoms with E-state index >= 15 is 0 Å². The van der Waals surface area contributed by atoms with Gasteiger partial charge in [-0.1, -0.05) is 17.4 Å². The lowest BCUT2D eigenvalue weighted by Gasteiger charge is -2.34. The van der Waals surface area contributed by atoms with Gasteiger partial charge in [-0.25, -0.2) is 9.37 Å². The molecule has 0 radical (unpaired) electrons. The smallest absolute Gasteiger partial charge is 0.254 e. The summed E-state index contributed by atoms with van der Waals surface area (Å²) in [4.78, 5) is 21.2. The number of amides is 1. The monoisotopic (exact) mass is 399 g/mol. The van der Waals surface area contributed by atoms with Crippen LogP contribution in [0.25, 0.3) is 21.3 Å². The summed E-state index contributed by atoms with van der Waals surface area (Å²) in [7, 11) is 0. The van der Waals surface area contributed by atoms with Crippen LogP contribution in [-0.4, -0.2) is 50.7 Å². The van der Waals surface area contributed by atoms with Crippen molar-refractivity contribution in [1.82, 2.24) is 18.6 Å². The summed E-state index contributed by atoms with van der Waals surface area (Å²) in [5, 5.41) is 0.803. The number of nitrogens with zero attached hydrogens (tertiary/aromatic N) is 5. The molecule has 0 spiro atoms. The maximum Gasteiger partial charge on any atom is 0.254 e. The minimum atomic E-state index is -0.296. The Morgan fingerprint density at radius 2 is 1.85 bits per heavy atom. The molecule has 0 bridgehead atoms. The molecule has 9 heteroatoms. The molecular weight excluding hydrogens is 385 g/mol. The average molecular weight is 399 g/mol. The number of carbonyl (C=O) groups is 1. The van der Waals surface area contributed by atoms with Gasteiger partial charge in [0.15, 0.2) is 5.13 Å². The molecule has 1 saturated heterocycles. The number of thiazole rings is 1. The number of para-hydroxylation sites is 1. The number of piperazine rings is 1. The van der Waals surface area contributed by atoms with Gasteiger partial charge in [-0.2, -0.15) is 8.75 Å². The number of aromatic nitrogens is 3. The van der Waals surface area contributed by atoms with Crippen LogP contribution in [-0.2, 0) is 0 Å². The molecule has 5 rings (SSSR count). The molecule has 3 heterocycles. The second-order valence-electron chi connectivity index (χ2n) is 6.33. The molecule has 4 aromatic rings. The highest BCUT2D eigenvalue weighted by molar-refractivity contribution is 7.22. The Morgan fingerprint density at radius 3 is 2.67 bits per heavy atom. The molecule has 0 N–H and O–H groups in total. The van der Waals surface area contributed by atoms with E-state index < -0.39 is 0 Å². The number of benzene rings is 2. The van der Waals surface area contributed by atoms with Crippen LogP contribution >= 0.6 is 23.1 Å². The van der Waals surface area contributed by atoms with E-state index in [1.807, 2.05) is 17.0 Å². The molecule has 2 aromatic carbocycles. The van der Waals surface area contributed by atoms with E-state index in [0.717, 1.165) is 32.6 Å². The van der Waals surface area contributed by atoms with Crippen molar-refractivity contribution in [2.75, 3.05) is 31.1 Å². The Bertz CT molecular complexity index is 1150. The molecule has 1 aliphatic rings. The average Bonchev–Trinajstić information content (AvgIpc) is 3.34. The quantitative estimate of drug-likeness (QED) is 0.517. The first-order valence-corrected chi connectivity index (χ1v) is 10.1. The first kappa shape index (κ1) is 16.5. The first-order chi connectivity index (χ1) is 13.2. The summed E-state index contributed by atoms with van der Waals surface area (Å²) >= 11 is 2.63. The summed E-state index contributed by atoms with van der Waals surface area (Å²) in [6.45, 7) is 2.55. The van der Waals surface area contributed by atoms with Gasteiger partial charge >= 0.3 is 0 Å². The van der Waals surface area contributed by atoms with Gasteiger partial charge < -0.3 is 9.80 Å². The third-order valence-corrected chi connectivity index (χ3v) is 6.33. The van der Waals surface area contributed by atoms with E-state index in [1.54, 1.807) is 18.2 Å². The van der Waals surface area contributed by atoms with E-state index in [1.165, 1.54) is 17.4 Å². The second-order valence-corrected chi connectivity index (χ2v) is 7.87. The van der Waals surface area contributed by atoms with Crippen molar-refractivity contribution in [3.8, 4) is 0 Å². The van der Waals surface area contributed by atoms with E-state index in [-0.39, 0.29) is 11.7 Å². The van der Waals surface area contributed by atoms with E-state index in [4.69, 9.17) is 0 Å². The molecule has 1 amide bonds. The predicted octanol–water partition coefficient (Wildman–Crippen LogP) is 3.40. The van der Waals surface area contributed by atoms with Gasteiger partial charge in [0.2, 0.25) is 0 Å². The van der Waals surface area contributed by atoms with Crippen LogP contribution in [0.4, 0.5) is 9.52 Å². The minimum absolute atomic E-state index is 0.0000978. The fourth-order valence-electron chi connectivity index (χ4n) is 3.24. The molecule has 6 nitrogen and oxygen atoms in total. The van der Waals surface area contributed by atoms with Gasteiger partial charge in [0.25, 0.3) is 5.91 Å². The first-order valence-electron chi connectivity index (χ1n) is 8.51. The standard InChI is InChI=1S/C18H14FN5OS2/c19-12-2-1-3-15-16(12)20-18(26-15)24-8-6-23(7-9-24)17(25)11-4-5-13-14(10-11)22-27-21-13/h1-5,10H,6-9H2. The van der Waals surface area contributed by atoms with Gasteiger partial charge in [-0.3, -0.25) is 4.79 Å². The molecule has 0 saturated carbocycles. The zero-order chi connectivity index (χ0) is 18.4. The third-order valence-electron chi connectivity index (χ3n) is 4.70. The Hall–Kier alpha value is -2.65. The maximum absolute atomic E-state index is 13.9. The summed E-state index contributed by atoms with van der Waals surface area (Å²) < 4.78 is 23.1. The minimum Gasteiger partial charge on any atom is -0.345 e. The summed E-state index contributed by atoms with van der Waals surface area (Å²) in [5.41, 5.74) is 2.61. The fourth-order valence-corrected chi connectivity index (χ4v) is 4.79. The lowest BCUT2D eigenvalue weighted by molar-refractivity contribution is 0.0747. The van der Waals surface area contributed by atoms with Crippen molar-refractivity contribution in [2.45, 2.75) is 0 Å². The normalized spacial score (nSPS) is 15.0. The molecule has 136 valence electrons.